The van der Waals surface area contributed by atoms with Crippen molar-refractivity contribution in [1.29, 1.82) is 0 Å². The molecule has 0 saturated carbocycles. The van der Waals surface area contributed by atoms with Crippen molar-refractivity contribution in [3.8, 4) is 0 Å². The molecule has 0 bridgehead atoms. The molecule has 0 aliphatic heterocycles. The fourth-order valence-electron chi connectivity index (χ4n) is 1.86. The number of rotatable bonds is 4. The molecule has 0 radical (unpaired) electrons. The molecule has 0 unspecified atom stereocenters. The Balaban J connectivity index is 2.42. The van der Waals surface area contributed by atoms with E-state index >= 15 is 0 Å². The van der Waals surface area contributed by atoms with E-state index in [1.165, 1.54) is 0 Å². The third-order valence-electron chi connectivity index (χ3n) is 2.49. The molecule has 0 saturated heterocycles. The first-order valence-corrected chi connectivity index (χ1v) is 5.83. The van der Waals surface area contributed by atoms with Crippen molar-refractivity contribution in [2.75, 3.05) is 6.61 Å². The minimum absolute atomic E-state index is 0.314. The first kappa shape index (κ1) is 11.7. The van der Waals surface area contributed by atoms with E-state index in [1.807, 2.05) is 17.0 Å². The minimum atomic E-state index is -0.314. The quantitative estimate of drug-likeness (QED) is 0.761. The van der Waals surface area contributed by atoms with E-state index in [0.717, 1.165) is 12.2 Å². The lowest BCUT2D eigenvalue weighted by Crippen LogP contribution is -2.08. The van der Waals surface area contributed by atoms with E-state index in [0.29, 0.717) is 18.1 Å². The number of nitrogens with zero attached hydrogens (tertiary/aromatic N) is 3. The number of aromatic nitrogens is 3. The summed E-state index contributed by atoms with van der Waals surface area (Å²) in [5, 5.41) is 4.14. The Morgan fingerprint density at radius 2 is 2.24 bits per heavy atom. The van der Waals surface area contributed by atoms with Crippen molar-refractivity contribution in [2.24, 2.45) is 5.92 Å². The Kier molecular flexibility index (Phi) is 3.17. The van der Waals surface area contributed by atoms with E-state index in [1.54, 1.807) is 17.6 Å². The van der Waals surface area contributed by atoms with Gasteiger partial charge in [-0.25, -0.2) is 9.31 Å². The molecule has 2 aromatic rings. The Bertz CT molecular complexity index is 525. The highest BCUT2D eigenvalue weighted by molar-refractivity contribution is 5.95. The van der Waals surface area contributed by atoms with Crippen LogP contribution >= 0.6 is 0 Å². The molecule has 5 nitrogen and oxygen atoms in total. The highest BCUT2D eigenvalue weighted by Gasteiger charge is 2.17. The number of carbonyl (C=O) groups is 1. The lowest BCUT2D eigenvalue weighted by molar-refractivity contribution is 0.0528. The molecule has 0 amide bonds. The zero-order valence-electron chi connectivity index (χ0n) is 10.4. The monoisotopic (exact) mass is 235 g/mol. The Morgan fingerprint density at radius 1 is 1.47 bits per heavy atom. The van der Waals surface area contributed by atoms with Crippen LogP contribution in [0, 0.1) is 5.92 Å². The predicted molar refractivity (Wildman–Crippen MR) is 64.0 cm³/mol. The van der Waals surface area contributed by atoms with Crippen LogP contribution in [0.3, 0.4) is 0 Å². The predicted octanol–water partition coefficient (Wildman–Crippen LogP) is 1.97. The number of imidazole rings is 1. The van der Waals surface area contributed by atoms with Crippen LogP contribution in [0.2, 0.25) is 0 Å². The van der Waals surface area contributed by atoms with Crippen LogP contribution in [-0.4, -0.2) is 26.8 Å². The highest BCUT2D eigenvalue weighted by atomic mass is 16.5. The van der Waals surface area contributed by atoms with Gasteiger partial charge in [0.25, 0.3) is 0 Å². The van der Waals surface area contributed by atoms with Crippen molar-refractivity contribution in [2.45, 2.75) is 27.3 Å². The Morgan fingerprint density at radius 3 is 2.88 bits per heavy atom. The average molecular weight is 235 g/mol. The van der Waals surface area contributed by atoms with Crippen LogP contribution in [-0.2, 0) is 11.3 Å². The smallest absolute Gasteiger partial charge is 0.343 e. The van der Waals surface area contributed by atoms with Crippen molar-refractivity contribution in [3.63, 3.8) is 0 Å². The standard InChI is InChI=1S/C12H17N3O2/c1-4-17-12(16)10-7-13-15-6-5-14(11(10)15)8-9(2)3/h5-7,9H,4,8H2,1-3H3. The molecule has 92 valence electrons. The van der Waals surface area contributed by atoms with Crippen LogP contribution < -0.4 is 0 Å². The van der Waals surface area contributed by atoms with Gasteiger partial charge in [0.15, 0.2) is 0 Å². The van der Waals surface area contributed by atoms with Crippen molar-refractivity contribution in [3.05, 3.63) is 24.2 Å². The molecule has 0 spiro atoms. The van der Waals surface area contributed by atoms with Crippen LogP contribution in [0.15, 0.2) is 18.6 Å². The first-order chi connectivity index (χ1) is 8.13. The molecule has 0 aliphatic carbocycles. The van der Waals surface area contributed by atoms with Gasteiger partial charge < -0.3 is 9.30 Å². The maximum Gasteiger partial charge on any atom is 0.343 e. The van der Waals surface area contributed by atoms with Crippen LogP contribution in [0.5, 0.6) is 0 Å². The molecular weight excluding hydrogens is 218 g/mol. The van der Waals surface area contributed by atoms with Gasteiger partial charge in [0.2, 0.25) is 0 Å². The van der Waals surface area contributed by atoms with E-state index in [4.69, 9.17) is 4.74 Å². The second-order valence-electron chi connectivity index (χ2n) is 4.39. The molecule has 0 aliphatic rings. The topological polar surface area (TPSA) is 48.5 Å². The maximum absolute atomic E-state index is 11.8. The van der Waals surface area contributed by atoms with Gasteiger partial charge in [-0.05, 0) is 12.8 Å². The molecule has 0 aromatic carbocycles. The van der Waals surface area contributed by atoms with E-state index in [9.17, 15) is 4.79 Å². The molecule has 2 aromatic heterocycles. The summed E-state index contributed by atoms with van der Waals surface area (Å²) < 4.78 is 8.75. The van der Waals surface area contributed by atoms with Gasteiger partial charge in [0, 0.05) is 18.9 Å². The van der Waals surface area contributed by atoms with Gasteiger partial charge in [-0.3, -0.25) is 0 Å². The Labute approximate surface area is 100.0 Å². The van der Waals surface area contributed by atoms with Crippen molar-refractivity contribution >= 4 is 11.6 Å². The number of hydrogen-bond donors (Lipinski definition) is 0. The van der Waals surface area contributed by atoms with Gasteiger partial charge in [-0.1, -0.05) is 13.8 Å². The fraction of sp³-hybridized carbons (Fsp3) is 0.500. The molecular formula is C12H17N3O2. The average Bonchev–Trinajstić information content (AvgIpc) is 2.81. The van der Waals surface area contributed by atoms with Crippen molar-refractivity contribution < 1.29 is 9.53 Å². The summed E-state index contributed by atoms with van der Waals surface area (Å²) in [7, 11) is 0. The number of carbonyl (C=O) groups excluding carboxylic acids is 1. The van der Waals surface area contributed by atoms with E-state index in [-0.39, 0.29) is 5.97 Å². The van der Waals surface area contributed by atoms with E-state index in [2.05, 4.69) is 18.9 Å². The van der Waals surface area contributed by atoms with Crippen LogP contribution in [0.1, 0.15) is 31.1 Å². The first-order valence-electron chi connectivity index (χ1n) is 5.83. The highest BCUT2D eigenvalue weighted by Crippen LogP contribution is 2.14. The van der Waals surface area contributed by atoms with Gasteiger partial charge in [-0.2, -0.15) is 5.10 Å². The summed E-state index contributed by atoms with van der Waals surface area (Å²) in [6.07, 6.45) is 5.34. The van der Waals surface area contributed by atoms with Crippen molar-refractivity contribution in [1.82, 2.24) is 14.2 Å². The second-order valence-corrected chi connectivity index (χ2v) is 4.39. The summed E-state index contributed by atoms with van der Waals surface area (Å²) in [6, 6.07) is 0. The normalized spacial score (nSPS) is 11.3. The number of ether oxygens (including phenoxy) is 1. The molecule has 0 N–H and O–H groups in total. The third kappa shape index (κ3) is 2.18. The van der Waals surface area contributed by atoms with E-state index < -0.39 is 0 Å². The minimum Gasteiger partial charge on any atom is -0.462 e. The Hall–Kier alpha value is -1.78. The van der Waals surface area contributed by atoms with Gasteiger partial charge >= 0.3 is 5.97 Å². The fourth-order valence-corrected chi connectivity index (χ4v) is 1.86. The molecule has 17 heavy (non-hydrogen) atoms. The number of hydrogen-bond acceptors (Lipinski definition) is 3. The van der Waals surface area contributed by atoms with Gasteiger partial charge in [-0.15, -0.1) is 0 Å². The lowest BCUT2D eigenvalue weighted by Gasteiger charge is -2.07. The van der Waals surface area contributed by atoms with Crippen LogP contribution in [0.4, 0.5) is 0 Å². The zero-order chi connectivity index (χ0) is 12.4. The summed E-state index contributed by atoms with van der Waals surface area (Å²) in [4.78, 5) is 11.8. The molecule has 0 fully saturated rings. The summed E-state index contributed by atoms with van der Waals surface area (Å²) in [6.45, 7) is 7.30. The third-order valence-corrected chi connectivity index (χ3v) is 2.49. The van der Waals surface area contributed by atoms with Gasteiger partial charge in [0.05, 0.1) is 12.8 Å². The lowest BCUT2D eigenvalue weighted by atomic mass is 10.2. The SMILES string of the molecule is CCOC(=O)c1cnn2ccn(CC(C)C)c12. The summed E-state index contributed by atoms with van der Waals surface area (Å²) >= 11 is 0. The number of esters is 1. The second kappa shape index (κ2) is 4.61. The zero-order valence-corrected chi connectivity index (χ0v) is 10.4. The number of fused-ring (bicyclic) bond motifs is 1. The molecule has 5 heteroatoms. The molecule has 2 heterocycles. The molecule has 0 atom stereocenters. The molecule has 2 rings (SSSR count). The largest absolute Gasteiger partial charge is 0.462 e. The maximum atomic E-state index is 11.8. The van der Waals surface area contributed by atoms with Gasteiger partial charge in [0.1, 0.15) is 11.2 Å². The summed E-state index contributed by atoms with van der Waals surface area (Å²) in [5.74, 6) is 0.197. The summed E-state index contributed by atoms with van der Waals surface area (Å²) in [5.41, 5.74) is 1.33. The van der Waals surface area contributed by atoms with Crippen LogP contribution in [0.25, 0.3) is 5.65 Å².